The Morgan fingerprint density at radius 2 is 1.86 bits per heavy atom. The summed E-state index contributed by atoms with van der Waals surface area (Å²) >= 11 is 3.62. The lowest BCUT2D eigenvalue weighted by Crippen LogP contribution is -1.96. The number of aryl methyl sites for hydroxylation is 1. The molecule has 0 saturated carbocycles. The largest absolute Gasteiger partial charge is 0.487 e. The number of nitrogens with zero attached hydrogens (tertiary/aromatic N) is 1. The van der Waals surface area contributed by atoms with Gasteiger partial charge < -0.3 is 9.30 Å². The zero-order chi connectivity index (χ0) is 14.7. The molecular weight excluding hydrogens is 298 g/mol. The summed E-state index contributed by atoms with van der Waals surface area (Å²) in [4.78, 5) is 0. The minimum Gasteiger partial charge on any atom is -0.487 e. The number of unbranched alkanes of at least 4 members (excludes halogenated alkanes) is 5. The first-order valence-electron chi connectivity index (χ1n) is 7.88. The van der Waals surface area contributed by atoms with E-state index in [1.54, 1.807) is 18.4 Å². The van der Waals surface area contributed by atoms with Gasteiger partial charge in [0.2, 0.25) is 0 Å². The van der Waals surface area contributed by atoms with E-state index >= 15 is 0 Å². The van der Waals surface area contributed by atoms with Crippen molar-refractivity contribution in [1.82, 2.24) is 4.57 Å². The SMILES string of the molecule is CCCCCCCCn1c2ccsc2c2sc(OC)cc21. The second-order valence-corrected chi connectivity index (χ2v) is 7.47. The molecule has 0 N–H and O–H groups in total. The lowest BCUT2D eigenvalue weighted by atomic mass is 10.1. The van der Waals surface area contributed by atoms with Crippen molar-refractivity contribution in [3.63, 3.8) is 0 Å². The number of fused-ring (bicyclic) bond motifs is 3. The third-order valence-electron chi connectivity index (χ3n) is 4.06. The van der Waals surface area contributed by atoms with Crippen molar-refractivity contribution in [2.75, 3.05) is 7.11 Å². The molecule has 0 aromatic carbocycles. The van der Waals surface area contributed by atoms with Crippen LogP contribution in [0, 0.1) is 0 Å². The quantitative estimate of drug-likeness (QED) is 0.445. The number of rotatable bonds is 8. The number of hydrogen-bond acceptors (Lipinski definition) is 3. The maximum Gasteiger partial charge on any atom is 0.176 e. The second-order valence-electron chi connectivity index (χ2n) is 5.54. The average molecular weight is 322 g/mol. The van der Waals surface area contributed by atoms with Crippen molar-refractivity contribution in [3.05, 3.63) is 17.5 Å². The van der Waals surface area contributed by atoms with Crippen LogP contribution in [-0.4, -0.2) is 11.7 Å². The summed E-state index contributed by atoms with van der Waals surface area (Å²) in [5.74, 6) is 0. The first-order valence-corrected chi connectivity index (χ1v) is 9.58. The first-order chi connectivity index (χ1) is 10.3. The molecule has 0 atom stereocenters. The van der Waals surface area contributed by atoms with Gasteiger partial charge in [-0.2, -0.15) is 0 Å². The van der Waals surface area contributed by atoms with Gasteiger partial charge in [0.25, 0.3) is 0 Å². The van der Waals surface area contributed by atoms with Crippen molar-refractivity contribution in [2.24, 2.45) is 0 Å². The Bertz CT molecular complexity index is 707. The van der Waals surface area contributed by atoms with Gasteiger partial charge in [0.15, 0.2) is 5.06 Å². The smallest absolute Gasteiger partial charge is 0.176 e. The molecule has 3 heterocycles. The summed E-state index contributed by atoms with van der Waals surface area (Å²) in [6.45, 7) is 3.40. The van der Waals surface area contributed by atoms with E-state index in [9.17, 15) is 0 Å². The van der Waals surface area contributed by atoms with Crippen molar-refractivity contribution >= 4 is 43.1 Å². The van der Waals surface area contributed by atoms with Gasteiger partial charge in [0.05, 0.1) is 27.5 Å². The van der Waals surface area contributed by atoms with E-state index in [1.165, 1.54) is 59.0 Å². The molecule has 0 aliphatic heterocycles. The van der Waals surface area contributed by atoms with Crippen LogP contribution >= 0.6 is 22.7 Å². The molecule has 0 radical (unpaired) electrons. The minimum absolute atomic E-state index is 1.02. The fourth-order valence-corrected chi connectivity index (χ4v) is 4.97. The molecule has 3 aromatic heterocycles. The summed E-state index contributed by atoms with van der Waals surface area (Å²) in [7, 11) is 1.76. The molecule has 0 fully saturated rings. The molecule has 114 valence electrons. The topological polar surface area (TPSA) is 14.2 Å². The third-order valence-corrected chi connectivity index (χ3v) is 6.21. The van der Waals surface area contributed by atoms with Crippen molar-refractivity contribution in [1.29, 1.82) is 0 Å². The highest BCUT2D eigenvalue weighted by Gasteiger charge is 2.15. The van der Waals surface area contributed by atoms with Gasteiger partial charge in [-0.1, -0.05) is 50.4 Å². The van der Waals surface area contributed by atoms with Gasteiger partial charge in [-0.3, -0.25) is 0 Å². The maximum atomic E-state index is 5.42. The van der Waals surface area contributed by atoms with Gasteiger partial charge >= 0.3 is 0 Å². The zero-order valence-electron chi connectivity index (χ0n) is 12.9. The number of hydrogen-bond donors (Lipinski definition) is 0. The van der Waals surface area contributed by atoms with Gasteiger partial charge in [-0.25, -0.2) is 0 Å². The summed E-state index contributed by atoms with van der Waals surface area (Å²) in [6.07, 6.45) is 8.08. The Hall–Kier alpha value is -1.00. The molecule has 3 rings (SSSR count). The summed E-state index contributed by atoms with van der Waals surface area (Å²) in [6, 6.07) is 4.46. The molecule has 3 aromatic rings. The van der Waals surface area contributed by atoms with Crippen LogP contribution in [0.4, 0.5) is 0 Å². The molecule has 0 amide bonds. The predicted octanol–water partition coefficient (Wildman–Crippen LogP) is 6.29. The highest BCUT2D eigenvalue weighted by atomic mass is 32.1. The van der Waals surface area contributed by atoms with Crippen LogP contribution in [0.15, 0.2) is 17.5 Å². The first kappa shape index (κ1) is 14.9. The Morgan fingerprint density at radius 3 is 2.67 bits per heavy atom. The lowest BCUT2D eigenvalue weighted by Gasteiger charge is -2.05. The molecule has 0 aliphatic rings. The number of aromatic nitrogens is 1. The Balaban J connectivity index is 1.75. The van der Waals surface area contributed by atoms with Gasteiger partial charge in [-0.15, -0.1) is 11.3 Å². The maximum absolute atomic E-state index is 5.42. The monoisotopic (exact) mass is 321 g/mol. The molecule has 0 saturated heterocycles. The molecule has 0 bridgehead atoms. The fraction of sp³-hybridized carbons (Fsp3) is 0.529. The van der Waals surface area contributed by atoms with Gasteiger partial charge in [0.1, 0.15) is 0 Å². The van der Waals surface area contributed by atoms with Gasteiger partial charge in [0, 0.05) is 12.6 Å². The summed E-state index contributed by atoms with van der Waals surface area (Å²) in [5, 5.41) is 3.22. The van der Waals surface area contributed by atoms with E-state index in [0.29, 0.717) is 0 Å². The van der Waals surface area contributed by atoms with Crippen LogP contribution in [0.3, 0.4) is 0 Å². The van der Waals surface area contributed by atoms with Crippen molar-refractivity contribution in [2.45, 2.75) is 52.0 Å². The van der Waals surface area contributed by atoms with E-state index in [0.717, 1.165) is 11.6 Å². The van der Waals surface area contributed by atoms with Gasteiger partial charge in [-0.05, 0) is 17.9 Å². The summed E-state index contributed by atoms with van der Waals surface area (Å²) < 4.78 is 10.7. The third kappa shape index (κ3) is 2.97. The van der Waals surface area contributed by atoms with Crippen molar-refractivity contribution < 1.29 is 4.74 Å². The Labute approximate surface area is 134 Å². The van der Waals surface area contributed by atoms with Crippen LogP contribution in [0.2, 0.25) is 0 Å². The second kappa shape index (κ2) is 6.84. The van der Waals surface area contributed by atoms with Crippen molar-refractivity contribution in [3.8, 4) is 5.06 Å². The van der Waals surface area contributed by atoms with E-state index in [4.69, 9.17) is 4.74 Å². The molecule has 2 nitrogen and oxygen atoms in total. The zero-order valence-corrected chi connectivity index (χ0v) is 14.5. The molecular formula is C17H23NOS2. The van der Waals surface area contributed by atoms with E-state index in [2.05, 4.69) is 29.0 Å². The molecule has 4 heteroatoms. The molecule has 0 unspecified atom stereocenters. The standard InChI is InChI=1S/C17H23NOS2/c1-3-4-5-6-7-8-10-18-13-9-11-20-16(13)17-14(18)12-15(19-2)21-17/h9,11-12H,3-8,10H2,1-2H3. The van der Waals surface area contributed by atoms with E-state index in [-0.39, 0.29) is 0 Å². The lowest BCUT2D eigenvalue weighted by molar-refractivity contribution is 0.427. The Morgan fingerprint density at radius 1 is 1.05 bits per heavy atom. The Kier molecular flexibility index (Phi) is 4.86. The number of ether oxygens (including phenoxy) is 1. The highest BCUT2D eigenvalue weighted by Crippen LogP contribution is 2.41. The average Bonchev–Trinajstić information content (AvgIpc) is 3.16. The van der Waals surface area contributed by atoms with Crippen LogP contribution in [0.1, 0.15) is 45.4 Å². The van der Waals surface area contributed by atoms with Crippen LogP contribution in [0.5, 0.6) is 5.06 Å². The van der Waals surface area contributed by atoms with Crippen LogP contribution in [0.25, 0.3) is 20.4 Å². The minimum atomic E-state index is 1.02. The van der Waals surface area contributed by atoms with E-state index in [1.807, 2.05) is 11.3 Å². The fourth-order valence-electron chi connectivity index (χ4n) is 2.93. The number of methoxy groups -OCH3 is 1. The predicted molar refractivity (Wildman–Crippen MR) is 95.1 cm³/mol. The normalized spacial score (nSPS) is 11.7. The van der Waals surface area contributed by atoms with Crippen LogP contribution in [-0.2, 0) is 6.54 Å². The number of thiophene rings is 2. The molecule has 0 aliphatic carbocycles. The molecule has 0 spiro atoms. The molecule has 21 heavy (non-hydrogen) atoms. The van der Waals surface area contributed by atoms with E-state index < -0.39 is 0 Å². The summed E-state index contributed by atoms with van der Waals surface area (Å²) in [5.41, 5.74) is 2.75. The highest BCUT2D eigenvalue weighted by molar-refractivity contribution is 7.27. The van der Waals surface area contributed by atoms with Crippen LogP contribution < -0.4 is 4.74 Å².